The monoisotopic (exact) mass is 1020 g/mol. The van der Waals surface area contributed by atoms with Crippen LogP contribution in [0, 0.1) is 5.92 Å². The summed E-state index contributed by atoms with van der Waals surface area (Å²) in [6.07, 6.45) is 14.5. The van der Waals surface area contributed by atoms with Crippen molar-refractivity contribution in [3.8, 4) is 122 Å². The molecule has 0 heteroatoms. The van der Waals surface area contributed by atoms with Crippen LogP contribution < -0.4 is 0 Å². The Labute approximate surface area is 468 Å². The summed E-state index contributed by atoms with van der Waals surface area (Å²) in [6, 6.07) is 76.7. The molecule has 0 amide bonds. The number of rotatable bonds is 0. The van der Waals surface area contributed by atoms with Gasteiger partial charge >= 0.3 is 0 Å². The number of hydrogen-bond donors (Lipinski definition) is 0. The van der Waals surface area contributed by atoms with Crippen molar-refractivity contribution in [1.82, 2.24) is 0 Å². The lowest BCUT2D eigenvalue weighted by atomic mass is 9.77. The second-order valence-electron chi connectivity index (χ2n) is 24.2. The van der Waals surface area contributed by atoms with Crippen LogP contribution >= 0.6 is 0 Å². The highest BCUT2D eigenvalue weighted by Crippen LogP contribution is 2.65. The molecule has 2 atom stereocenters. The maximum Gasteiger partial charge on any atom is 0.0168 e. The highest BCUT2D eigenvalue weighted by molar-refractivity contribution is 6.32. The molecule has 370 valence electrons. The summed E-state index contributed by atoms with van der Waals surface area (Å²) in [5.41, 5.74) is 39.1. The molecule has 25 bridgehead atoms. The van der Waals surface area contributed by atoms with E-state index in [1.54, 1.807) is 0 Å². The van der Waals surface area contributed by atoms with E-state index in [9.17, 15) is 0 Å². The van der Waals surface area contributed by atoms with Crippen LogP contribution in [0.1, 0.15) is 47.9 Å². The van der Waals surface area contributed by atoms with Crippen LogP contribution in [-0.2, 0) is 0 Å². The molecule has 13 aromatic rings. The lowest BCUT2D eigenvalue weighted by Gasteiger charge is -2.25. The molecule has 21 rings (SSSR count). The van der Waals surface area contributed by atoms with E-state index in [2.05, 4.69) is 231 Å². The Hall–Kier alpha value is -9.88. The van der Waals surface area contributed by atoms with Crippen molar-refractivity contribution in [3.63, 3.8) is 0 Å². The molecule has 0 saturated carbocycles. The van der Waals surface area contributed by atoms with Crippen molar-refractivity contribution in [2.75, 3.05) is 0 Å². The van der Waals surface area contributed by atoms with Crippen molar-refractivity contribution in [2.24, 2.45) is 5.92 Å². The summed E-state index contributed by atoms with van der Waals surface area (Å²) in [6.45, 7) is 2.45. The van der Waals surface area contributed by atoms with E-state index in [1.807, 2.05) is 0 Å². The van der Waals surface area contributed by atoms with Gasteiger partial charge in [-0.15, -0.1) is 0 Å². The third-order valence-electron chi connectivity index (χ3n) is 20.7. The van der Waals surface area contributed by atoms with Gasteiger partial charge in [-0.1, -0.05) is 231 Å². The molecule has 0 aliphatic heterocycles. The summed E-state index contributed by atoms with van der Waals surface area (Å²) in [5, 5.41) is 13.4. The molecule has 8 aliphatic carbocycles. The quantitative estimate of drug-likeness (QED) is 0.142. The van der Waals surface area contributed by atoms with E-state index in [-0.39, 0.29) is 5.92 Å². The number of fused-ring (bicyclic) bond motifs is 10. The molecule has 0 N–H and O–H groups in total. The third kappa shape index (κ3) is 4.88. The summed E-state index contributed by atoms with van der Waals surface area (Å²) in [5.74, 6) is 0.518. The van der Waals surface area contributed by atoms with Gasteiger partial charge in [0.05, 0.1) is 0 Å². The van der Waals surface area contributed by atoms with Crippen molar-refractivity contribution >= 4 is 70.6 Å². The molecular weight excluding hydrogens is 973 g/mol. The van der Waals surface area contributed by atoms with E-state index >= 15 is 0 Å². The highest BCUT2D eigenvalue weighted by Gasteiger charge is 2.41. The van der Waals surface area contributed by atoms with Gasteiger partial charge < -0.3 is 0 Å². The van der Waals surface area contributed by atoms with E-state index in [4.69, 9.17) is 0 Å². The van der Waals surface area contributed by atoms with Gasteiger partial charge in [0, 0.05) is 5.92 Å². The fourth-order valence-corrected chi connectivity index (χ4v) is 17.6. The van der Waals surface area contributed by atoms with Gasteiger partial charge in [-0.3, -0.25) is 0 Å². The largest absolute Gasteiger partial charge is 0.0807 e. The maximum atomic E-state index is 2.57. The lowest BCUT2D eigenvalue weighted by Crippen LogP contribution is -2.09. The Bertz CT molecular complexity index is 5470. The van der Waals surface area contributed by atoms with Crippen LogP contribution in [0.25, 0.3) is 193 Å². The lowest BCUT2D eigenvalue weighted by molar-refractivity contribution is 0.662. The first kappa shape index (κ1) is 42.1. The van der Waals surface area contributed by atoms with Crippen molar-refractivity contribution in [3.05, 3.63) is 247 Å². The maximum absolute atomic E-state index is 2.57. The van der Waals surface area contributed by atoms with Gasteiger partial charge in [0.15, 0.2) is 0 Å². The molecule has 0 heterocycles. The van der Waals surface area contributed by atoms with Crippen molar-refractivity contribution < 1.29 is 0 Å². The van der Waals surface area contributed by atoms with E-state index in [1.165, 1.54) is 215 Å². The Morgan fingerprint density at radius 1 is 0.272 bits per heavy atom. The summed E-state index contributed by atoms with van der Waals surface area (Å²) in [7, 11) is 0. The first-order valence-corrected chi connectivity index (χ1v) is 29.3. The van der Waals surface area contributed by atoms with E-state index in [0.717, 1.165) is 12.8 Å². The van der Waals surface area contributed by atoms with Crippen LogP contribution in [0.2, 0.25) is 0 Å². The summed E-state index contributed by atoms with van der Waals surface area (Å²) < 4.78 is 0. The van der Waals surface area contributed by atoms with Gasteiger partial charge in [0.2, 0.25) is 0 Å². The van der Waals surface area contributed by atoms with Crippen molar-refractivity contribution in [2.45, 2.75) is 25.7 Å². The molecule has 13 aromatic carbocycles. The zero-order valence-electron chi connectivity index (χ0n) is 44.4. The first-order chi connectivity index (χ1) is 40.2. The molecule has 81 heavy (non-hydrogen) atoms. The van der Waals surface area contributed by atoms with Crippen LogP contribution in [0.5, 0.6) is 0 Å². The second kappa shape index (κ2) is 14.5. The predicted octanol–water partition coefficient (Wildman–Crippen LogP) is 22.3. The molecular formula is C81H46. The fraction of sp³-hybridized carbons (Fsp3) is 0.0617. The normalized spacial score (nSPS) is 16.8. The molecule has 0 saturated heterocycles. The summed E-state index contributed by atoms with van der Waals surface area (Å²) in [4.78, 5) is 0. The van der Waals surface area contributed by atoms with Crippen molar-refractivity contribution in [1.29, 1.82) is 0 Å². The number of hydrogen-bond acceptors (Lipinski definition) is 0. The predicted molar refractivity (Wildman–Crippen MR) is 342 cm³/mol. The van der Waals surface area contributed by atoms with Crippen LogP contribution in [0.3, 0.4) is 0 Å². The average Bonchev–Trinajstić information content (AvgIpc) is 4.26. The average molecular weight is 1020 g/mol. The Balaban J connectivity index is 0.972. The SMILES string of the molecule is CC1C=CC=C2c3c4ccc5ccc(c(c35)C21)-c1ccc2ccc(c3c2c1-c1ccccc1-3)-c1ccc2ccc(c3c2c1C1=CCCC=C13)-c1ccc2ccc(c3c2c1-c1ccccc1-3)-c1ccc2ccc-4c3c2c1-c1ccccc1-3. The number of benzene rings is 13. The Kier molecular flexibility index (Phi) is 7.53. The van der Waals surface area contributed by atoms with Crippen LogP contribution in [0.4, 0.5) is 0 Å². The van der Waals surface area contributed by atoms with Crippen LogP contribution in [-0.4, -0.2) is 0 Å². The minimum absolute atomic E-state index is 0.207. The fourth-order valence-electron chi connectivity index (χ4n) is 17.6. The first-order valence-electron chi connectivity index (χ1n) is 29.3. The zero-order chi connectivity index (χ0) is 52.2. The number of allylic oxidation sites excluding steroid dienone is 8. The van der Waals surface area contributed by atoms with Gasteiger partial charge in [-0.25, -0.2) is 0 Å². The van der Waals surface area contributed by atoms with Gasteiger partial charge in [0.25, 0.3) is 0 Å². The summed E-state index contributed by atoms with van der Waals surface area (Å²) >= 11 is 0. The minimum Gasteiger partial charge on any atom is -0.0807 e. The van der Waals surface area contributed by atoms with Crippen LogP contribution in [0.15, 0.2) is 225 Å². The van der Waals surface area contributed by atoms with Gasteiger partial charge in [-0.2, -0.15) is 0 Å². The molecule has 0 fully saturated rings. The van der Waals surface area contributed by atoms with Gasteiger partial charge in [-0.05, 0) is 234 Å². The Morgan fingerprint density at radius 2 is 0.556 bits per heavy atom. The molecule has 8 aliphatic rings. The molecule has 0 aromatic heterocycles. The topological polar surface area (TPSA) is 0 Å². The van der Waals surface area contributed by atoms with E-state index < -0.39 is 0 Å². The highest BCUT2D eigenvalue weighted by atomic mass is 14.4. The molecule has 0 radical (unpaired) electrons. The van der Waals surface area contributed by atoms with Gasteiger partial charge in [0.1, 0.15) is 0 Å². The second-order valence-corrected chi connectivity index (χ2v) is 24.2. The Morgan fingerprint density at radius 3 is 0.914 bits per heavy atom. The smallest absolute Gasteiger partial charge is 0.0168 e. The van der Waals surface area contributed by atoms with E-state index in [0.29, 0.717) is 5.92 Å². The molecule has 0 nitrogen and oxygen atoms in total. The minimum atomic E-state index is 0.207. The molecule has 2 unspecified atom stereocenters. The molecule has 0 spiro atoms. The third-order valence-corrected chi connectivity index (χ3v) is 20.7. The zero-order valence-corrected chi connectivity index (χ0v) is 44.4. The standard InChI is InChI=1S/C81H46/c1-41-11-10-20-65-66(41)81-64-40-30-46-29-38-62(80(65)71(46)81)61-37-27-44-25-35-58(76-51-16-6-7-17-52(51)78(61)69(44)76)57-33-23-42-21-31-55(72-47-12-2-3-13-48(47)74(57)67(42)72)56-32-22-43-24-34-59(75-50-15-5-4-14-49(50)73(56)68(43)75)60-36-26-45-28-39-63(64)79-54-19-9-8-18-53(54)77(60)70(45)79/h2-3,6-41,66H,4-5H2,1H3.